The number of hydrogen-bond acceptors (Lipinski definition) is 2. The molecule has 1 aromatic carbocycles. The molecule has 0 spiro atoms. The monoisotopic (exact) mass is 206 g/mol. The van der Waals surface area contributed by atoms with E-state index in [9.17, 15) is 5.11 Å². The van der Waals surface area contributed by atoms with Gasteiger partial charge in [0.1, 0.15) is 11.4 Å². The summed E-state index contributed by atoms with van der Waals surface area (Å²) in [4.78, 5) is 0. The molecule has 1 atom stereocenters. The fourth-order valence-corrected chi connectivity index (χ4v) is 2.24. The fourth-order valence-electron chi connectivity index (χ4n) is 2.24. The number of aliphatic hydroxyl groups excluding tert-OH is 1. The summed E-state index contributed by atoms with van der Waals surface area (Å²) in [5, 5.41) is 10.1. The third-order valence-electron chi connectivity index (χ3n) is 3.01. The van der Waals surface area contributed by atoms with Gasteiger partial charge < -0.3 is 9.84 Å². The Labute approximate surface area is 90.9 Å². The minimum Gasteiger partial charge on any atom is -0.487 e. The van der Waals surface area contributed by atoms with Gasteiger partial charge in [0, 0.05) is 12.0 Å². The van der Waals surface area contributed by atoms with E-state index in [4.69, 9.17) is 4.74 Å². The van der Waals surface area contributed by atoms with Crippen molar-refractivity contribution in [1.29, 1.82) is 0 Å². The predicted octanol–water partition coefficient (Wildman–Crippen LogP) is 2.90. The Bertz CT molecular complexity index is 394. The lowest BCUT2D eigenvalue weighted by Crippen LogP contribution is -2.35. The van der Waals surface area contributed by atoms with Crippen molar-refractivity contribution in [2.45, 2.75) is 45.8 Å². The van der Waals surface area contributed by atoms with Crippen LogP contribution in [0.5, 0.6) is 5.75 Å². The molecule has 0 fully saturated rings. The molecule has 0 bridgehead atoms. The van der Waals surface area contributed by atoms with Gasteiger partial charge in [0.15, 0.2) is 0 Å². The Morgan fingerprint density at radius 2 is 1.87 bits per heavy atom. The van der Waals surface area contributed by atoms with E-state index in [1.165, 1.54) is 0 Å². The zero-order chi connectivity index (χ0) is 11.2. The maximum atomic E-state index is 10.1. The molecule has 0 aliphatic carbocycles. The average molecular weight is 206 g/mol. The van der Waals surface area contributed by atoms with Crippen molar-refractivity contribution in [3.05, 3.63) is 28.8 Å². The number of aliphatic hydroxyl groups is 1. The summed E-state index contributed by atoms with van der Waals surface area (Å²) in [5.41, 5.74) is 2.90. The molecule has 1 aliphatic heterocycles. The second kappa shape index (κ2) is 3.24. The van der Waals surface area contributed by atoms with Gasteiger partial charge in [0.2, 0.25) is 0 Å². The zero-order valence-corrected chi connectivity index (χ0v) is 9.79. The van der Waals surface area contributed by atoms with Gasteiger partial charge in [-0.25, -0.2) is 0 Å². The normalized spacial score (nSPS) is 23.1. The van der Waals surface area contributed by atoms with Crippen molar-refractivity contribution in [1.82, 2.24) is 0 Å². The van der Waals surface area contributed by atoms with E-state index in [-0.39, 0.29) is 5.60 Å². The van der Waals surface area contributed by atoms with Gasteiger partial charge >= 0.3 is 0 Å². The molecule has 1 aliphatic rings. The van der Waals surface area contributed by atoms with Crippen LogP contribution in [0.2, 0.25) is 0 Å². The summed E-state index contributed by atoms with van der Waals surface area (Å²) in [5.74, 6) is 0.874. The summed E-state index contributed by atoms with van der Waals surface area (Å²) in [6.45, 7) is 8.07. The molecule has 1 unspecified atom stereocenters. The number of rotatable bonds is 0. The largest absolute Gasteiger partial charge is 0.487 e. The van der Waals surface area contributed by atoms with E-state index in [0.717, 1.165) is 22.4 Å². The maximum absolute atomic E-state index is 10.1. The minimum absolute atomic E-state index is 0.273. The predicted molar refractivity (Wildman–Crippen MR) is 60.2 cm³/mol. The second-order valence-corrected chi connectivity index (χ2v) is 5.02. The molecule has 2 rings (SSSR count). The maximum Gasteiger partial charge on any atom is 0.129 e. The first-order chi connectivity index (χ1) is 6.91. The molecule has 1 aromatic rings. The molecule has 2 nitrogen and oxygen atoms in total. The van der Waals surface area contributed by atoms with Gasteiger partial charge in [-0.05, 0) is 38.8 Å². The lowest BCUT2D eigenvalue weighted by Gasteiger charge is -2.37. The van der Waals surface area contributed by atoms with Crippen LogP contribution in [-0.2, 0) is 0 Å². The van der Waals surface area contributed by atoms with Gasteiger partial charge in [-0.1, -0.05) is 12.1 Å². The average Bonchev–Trinajstić information content (AvgIpc) is 2.09. The Hall–Kier alpha value is -1.02. The van der Waals surface area contributed by atoms with Crippen LogP contribution >= 0.6 is 0 Å². The van der Waals surface area contributed by atoms with Crippen LogP contribution in [0.25, 0.3) is 0 Å². The van der Waals surface area contributed by atoms with Crippen molar-refractivity contribution in [3.8, 4) is 5.75 Å². The molecule has 0 radical (unpaired) electrons. The molecule has 0 saturated heterocycles. The van der Waals surface area contributed by atoms with E-state index in [1.807, 2.05) is 39.8 Å². The summed E-state index contributed by atoms with van der Waals surface area (Å²) in [7, 11) is 0. The zero-order valence-electron chi connectivity index (χ0n) is 9.79. The van der Waals surface area contributed by atoms with Crippen LogP contribution in [0, 0.1) is 13.8 Å². The highest BCUT2D eigenvalue weighted by atomic mass is 16.5. The lowest BCUT2D eigenvalue weighted by molar-refractivity contribution is 0.0105. The van der Waals surface area contributed by atoms with Crippen LogP contribution < -0.4 is 4.74 Å². The quantitative estimate of drug-likeness (QED) is 0.707. The molecule has 1 heterocycles. The molecular weight excluding hydrogens is 188 g/mol. The van der Waals surface area contributed by atoms with Crippen LogP contribution in [-0.4, -0.2) is 10.7 Å². The number of aryl methyl sites for hydroxylation is 2. The third-order valence-corrected chi connectivity index (χ3v) is 3.01. The van der Waals surface area contributed by atoms with E-state index in [2.05, 4.69) is 0 Å². The van der Waals surface area contributed by atoms with Gasteiger partial charge in [-0.15, -0.1) is 0 Å². The summed E-state index contributed by atoms with van der Waals surface area (Å²) >= 11 is 0. The first-order valence-corrected chi connectivity index (χ1v) is 5.38. The first kappa shape index (κ1) is 10.5. The minimum atomic E-state index is -0.399. The highest BCUT2D eigenvalue weighted by molar-refractivity contribution is 5.48. The Kier molecular flexibility index (Phi) is 2.27. The summed E-state index contributed by atoms with van der Waals surface area (Å²) in [6.07, 6.45) is 0.258. The van der Waals surface area contributed by atoms with Crippen molar-refractivity contribution >= 4 is 0 Å². The number of hydrogen-bond donors (Lipinski definition) is 1. The smallest absolute Gasteiger partial charge is 0.129 e. The second-order valence-electron chi connectivity index (χ2n) is 5.02. The van der Waals surface area contributed by atoms with Crippen molar-refractivity contribution < 1.29 is 9.84 Å². The standard InChI is InChI=1S/C13H18O2/c1-8-5-6-9(2)12-11(8)10(14)7-13(3,4)15-12/h5-6,10,14H,7H2,1-4H3. The third kappa shape index (κ3) is 1.74. The first-order valence-electron chi connectivity index (χ1n) is 5.38. The Morgan fingerprint density at radius 1 is 1.27 bits per heavy atom. The van der Waals surface area contributed by atoms with E-state index < -0.39 is 6.10 Å². The number of fused-ring (bicyclic) bond motifs is 1. The SMILES string of the molecule is Cc1ccc(C)c2c1OC(C)(C)CC2O. The van der Waals surface area contributed by atoms with Crippen molar-refractivity contribution in [2.24, 2.45) is 0 Å². The van der Waals surface area contributed by atoms with Crippen LogP contribution in [0.3, 0.4) is 0 Å². The molecule has 0 aromatic heterocycles. The van der Waals surface area contributed by atoms with E-state index >= 15 is 0 Å². The highest BCUT2D eigenvalue weighted by Crippen LogP contribution is 2.42. The van der Waals surface area contributed by atoms with Crippen molar-refractivity contribution in [3.63, 3.8) is 0 Å². The van der Waals surface area contributed by atoms with Gasteiger partial charge in [0.05, 0.1) is 6.10 Å². The van der Waals surface area contributed by atoms with Gasteiger partial charge in [-0.2, -0.15) is 0 Å². The Balaban J connectivity index is 2.59. The highest BCUT2D eigenvalue weighted by Gasteiger charge is 2.34. The molecule has 2 heteroatoms. The molecule has 0 saturated carbocycles. The van der Waals surface area contributed by atoms with Gasteiger partial charge in [0.25, 0.3) is 0 Å². The van der Waals surface area contributed by atoms with Crippen molar-refractivity contribution in [2.75, 3.05) is 0 Å². The van der Waals surface area contributed by atoms with Crippen LogP contribution in [0.4, 0.5) is 0 Å². The lowest BCUT2D eigenvalue weighted by atomic mass is 9.88. The number of ether oxygens (including phenoxy) is 1. The van der Waals surface area contributed by atoms with E-state index in [1.54, 1.807) is 0 Å². The van der Waals surface area contributed by atoms with Crippen LogP contribution in [0.15, 0.2) is 12.1 Å². The molecule has 1 N–H and O–H groups in total. The molecule has 15 heavy (non-hydrogen) atoms. The molecular formula is C13H18O2. The Morgan fingerprint density at radius 3 is 2.53 bits per heavy atom. The van der Waals surface area contributed by atoms with Gasteiger partial charge in [-0.3, -0.25) is 0 Å². The molecule has 0 amide bonds. The van der Waals surface area contributed by atoms with Crippen LogP contribution in [0.1, 0.15) is 43.1 Å². The molecule has 82 valence electrons. The summed E-state index contributed by atoms with van der Waals surface area (Å²) < 4.78 is 5.94. The fraction of sp³-hybridized carbons (Fsp3) is 0.538. The van der Waals surface area contributed by atoms with E-state index in [0.29, 0.717) is 6.42 Å². The summed E-state index contributed by atoms with van der Waals surface area (Å²) in [6, 6.07) is 4.08. The topological polar surface area (TPSA) is 29.5 Å². The number of benzene rings is 1.